The van der Waals surface area contributed by atoms with E-state index in [-0.39, 0.29) is 17.7 Å². The molecule has 4 fully saturated rings. The summed E-state index contributed by atoms with van der Waals surface area (Å²) in [5, 5.41) is 13.4. The fourth-order valence-electron chi connectivity index (χ4n) is 6.97. The Labute approximate surface area is 201 Å². The standard InChI is InChI=1S/C27H48N4O2/c1-18-8-9-23(14-20(18)10-12-28-2)31-27(33)25-15-24(25)21-6-3-7-22(13-21)26(32)30-17-19-5-4-11-29-16-19/h18-25,28-29H,3-17H2,1-2H3,(H,30,32)(H,31,33). The predicted octanol–water partition coefficient (Wildman–Crippen LogP) is 3.08. The largest absolute Gasteiger partial charge is 0.356 e. The molecule has 8 atom stereocenters. The Hall–Kier alpha value is -1.14. The minimum Gasteiger partial charge on any atom is -0.356 e. The van der Waals surface area contributed by atoms with Gasteiger partial charge in [-0.05, 0) is 114 Å². The Balaban J connectivity index is 1.19. The second-order valence-electron chi connectivity index (χ2n) is 11.7. The summed E-state index contributed by atoms with van der Waals surface area (Å²) in [6.45, 7) is 6.40. The molecule has 0 aromatic rings. The molecule has 0 radical (unpaired) electrons. The highest BCUT2D eigenvalue weighted by Crippen LogP contribution is 2.50. The Morgan fingerprint density at radius 1 is 0.970 bits per heavy atom. The van der Waals surface area contributed by atoms with Gasteiger partial charge in [-0.25, -0.2) is 0 Å². The molecule has 8 unspecified atom stereocenters. The Morgan fingerprint density at radius 3 is 2.64 bits per heavy atom. The van der Waals surface area contributed by atoms with Gasteiger partial charge < -0.3 is 21.3 Å². The maximum atomic E-state index is 13.0. The van der Waals surface area contributed by atoms with Crippen LogP contribution in [0.1, 0.15) is 77.6 Å². The van der Waals surface area contributed by atoms with Crippen molar-refractivity contribution in [3.63, 3.8) is 0 Å². The summed E-state index contributed by atoms with van der Waals surface area (Å²) in [7, 11) is 2.02. The molecule has 0 aromatic heterocycles. The molecule has 6 heteroatoms. The van der Waals surface area contributed by atoms with Crippen LogP contribution in [0.15, 0.2) is 0 Å². The van der Waals surface area contributed by atoms with E-state index in [0.717, 1.165) is 70.6 Å². The number of nitrogens with one attached hydrogen (secondary N) is 4. The Morgan fingerprint density at radius 2 is 1.85 bits per heavy atom. The number of carbonyl (C=O) groups is 2. The van der Waals surface area contributed by atoms with E-state index in [1.165, 1.54) is 32.1 Å². The monoisotopic (exact) mass is 460 g/mol. The zero-order valence-corrected chi connectivity index (χ0v) is 21.0. The predicted molar refractivity (Wildman–Crippen MR) is 133 cm³/mol. The molecule has 0 aromatic carbocycles. The lowest BCUT2D eigenvalue weighted by molar-refractivity contribution is -0.126. The number of piperidine rings is 1. The smallest absolute Gasteiger partial charge is 0.223 e. The summed E-state index contributed by atoms with van der Waals surface area (Å²) in [6.07, 6.45) is 12.5. The normalized spacial score (nSPS) is 39.0. The van der Waals surface area contributed by atoms with Crippen LogP contribution in [0.5, 0.6) is 0 Å². The van der Waals surface area contributed by atoms with Crippen LogP contribution in [-0.2, 0) is 9.59 Å². The third-order valence-electron chi connectivity index (χ3n) is 9.31. The molecule has 4 N–H and O–H groups in total. The first kappa shape index (κ1) is 25.0. The van der Waals surface area contributed by atoms with Gasteiger partial charge in [0.2, 0.25) is 11.8 Å². The van der Waals surface area contributed by atoms with E-state index in [2.05, 4.69) is 28.2 Å². The van der Waals surface area contributed by atoms with Crippen LogP contribution in [0.4, 0.5) is 0 Å². The molecule has 1 aliphatic heterocycles. The van der Waals surface area contributed by atoms with Crippen LogP contribution >= 0.6 is 0 Å². The van der Waals surface area contributed by atoms with Crippen molar-refractivity contribution in [1.29, 1.82) is 0 Å². The summed E-state index contributed by atoms with van der Waals surface area (Å²) >= 11 is 0. The van der Waals surface area contributed by atoms with E-state index < -0.39 is 0 Å². The number of hydrogen-bond acceptors (Lipinski definition) is 4. The fraction of sp³-hybridized carbons (Fsp3) is 0.926. The third kappa shape index (κ3) is 6.94. The number of hydrogen-bond donors (Lipinski definition) is 4. The van der Waals surface area contributed by atoms with Crippen molar-refractivity contribution in [2.24, 2.45) is 41.4 Å². The van der Waals surface area contributed by atoms with Gasteiger partial charge in [0, 0.05) is 24.4 Å². The molecular formula is C27H48N4O2. The maximum Gasteiger partial charge on any atom is 0.223 e. The summed E-state index contributed by atoms with van der Waals surface area (Å²) in [5.74, 6) is 4.02. The first-order valence-corrected chi connectivity index (χ1v) is 14.0. The van der Waals surface area contributed by atoms with Gasteiger partial charge in [-0.3, -0.25) is 9.59 Å². The third-order valence-corrected chi connectivity index (χ3v) is 9.31. The van der Waals surface area contributed by atoms with Gasteiger partial charge in [0.05, 0.1) is 0 Å². The van der Waals surface area contributed by atoms with E-state index in [9.17, 15) is 9.59 Å². The highest BCUT2D eigenvalue weighted by Gasteiger charge is 2.49. The summed E-state index contributed by atoms with van der Waals surface area (Å²) < 4.78 is 0. The molecule has 0 bridgehead atoms. The first-order valence-electron chi connectivity index (χ1n) is 14.0. The second kappa shape index (κ2) is 12.0. The lowest BCUT2D eigenvalue weighted by Gasteiger charge is -2.35. The van der Waals surface area contributed by atoms with Gasteiger partial charge in [-0.15, -0.1) is 0 Å². The van der Waals surface area contributed by atoms with Crippen molar-refractivity contribution in [3.8, 4) is 0 Å². The van der Waals surface area contributed by atoms with Crippen LogP contribution in [0.3, 0.4) is 0 Å². The summed E-state index contributed by atoms with van der Waals surface area (Å²) in [4.78, 5) is 25.8. The highest BCUT2D eigenvalue weighted by molar-refractivity contribution is 5.82. The molecule has 2 amide bonds. The molecule has 1 saturated heterocycles. The molecule has 4 aliphatic rings. The van der Waals surface area contributed by atoms with Gasteiger partial charge in [0.1, 0.15) is 0 Å². The zero-order valence-electron chi connectivity index (χ0n) is 21.0. The zero-order chi connectivity index (χ0) is 23.2. The molecule has 33 heavy (non-hydrogen) atoms. The molecule has 3 saturated carbocycles. The molecule has 3 aliphatic carbocycles. The lowest BCUT2D eigenvalue weighted by atomic mass is 9.76. The van der Waals surface area contributed by atoms with Gasteiger partial charge in [0.15, 0.2) is 0 Å². The molecular weight excluding hydrogens is 412 g/mol. The van der Waals surface area contributed by atoms with Crippen LogP contribution in [0.25, 0.3) is 0 Å². The first-order chi connectivity index (χ1) is 16.0. The quantitative estimate of drug-likeness (QED) is 0.426. The topological polar surface area (TPSA) is 82.3 Å². The van der Waals surface area contributed by atoms with Crippen LogP contribution in [0, 0.1) is 41.4 Å². The molecule has 0 spiro atoms. The molecule has 6 nitrogen and oxygen atoms in total. The lowest BCUT2D eigenvalue weighted by Crippen LogP contribution is -2.42. The van der Waals surface area contributed by atoms with Crippen molar-refractivity contribution < 1.29 is 9.59 Å². The van der Waals surface area contributed by atoms with Crippen molar-refractivity contribution in [2.75, 3.05) is 33.2 Å². The van der Waals surface area contributed by atoms with E-state index >= 15 is 0 Å². The van der Waals surface area contributed by atoms with E-state index in [4.69, 9.17) is 0 Å². The maximum absolute atomic E-state index is 13.0. The molecule has 188 valence electrons. The van der Waals surface area contributed by atoms with Gasteiger partial charge in [-0.2, -0.15) is 0 Å². The highest BCUT2D eigenvalue weighted by atomic mass is 16.2. The van der Waals surface area contributed by atoms with Crippen LogP contribution in [0.2, 0.25) is 0 Å². The van der Waals surface area contributed by atoms with Gasteiger partial charge in [0.25, 0.3) is 0 Å². The van der Waals surface area contributed by atoms with Gasteiger partial charge >= 0.3 is 0 Å². The van der Waals surface area contributed by atoms with Crippen molar-refractivity contribution in [1.82, 2.24) is 21.3 Å². The minimum absolute atomic E-state index is 0.150. The van der Waals surface area contributed by atoms with E-state index in [1.54, 1.807) is 0 Å². The Kier molecular flexibility index (Phi) is 9.09. The second-order valence-corrected chi connectivity index (χ2v) is 11.7. The molecule has 4 rings (SSSR count). The van der Waals surface area contributed by atoms with Crippen molar-refractivity contribution >= 4 is 11.8 Å². The molecule has 1 heterocycles. The van der Waals surface area contributed by atoms with Gasteiger partial charge in [-0.1, -0.05) is 19.8 Å². The average Bonchev–Trinajstić information content (AvgIpc) is 3.65. The number of amides is 2. The van der Waals surface area contributed by atoms with Crippen LogP contribution in [-0.4, -0.2) is 51.1 Å². The summed E-state index contributed by atoms with van der Waals surface area (Å²) in [5.41, 5.74) is 0. The minimum atomic E-state index is 0.150. The van der Waals surface area contributed by atoms with E-state index in [0.29, 0.717) is 35.6 Å². The average molecular weight is 461 g/mol. The number of rotatable bonds is 9. The SMILES string of the molecule is CNCCC1CC(NC(=O)C2CC2C2CCCC(C(=O)NCC3CCCNC3)C2)CCC1C. The Bertz CT molecular complexity index is 650. The van der Waals surface area contributed by atoms with E-state index in [1.807, 2.05) is 7.05 Å². The van der Waals surface area contributed by atoms with Crippen LogP contribution < -0.4 is 21.3 Å². The van der Waals surface area contributed by atoms with Crippen molar-refractivity contribution in [2.45, 2.75) is 83.6 Å². The number of carbonyl (C=O) groups excluding carboxylic acids is 2. The fourth-order valence-corrected chi connectivity index (χ4v) is 6.97. The van der Waals surface area contributed by atoms with Crippen molar-refractivity contribution in [3.05, 3.63) is 0 Å². The summed E-state index contributed by atoms with van der Waals surface area (Å²) in [6, 6.07) is 0.357.